The summed E-state index contributed by atoms with van der Waals surface area (Å²) in [5, 5.41) is 16.7. The van der Waals surface area contributed by atoms with E-state index in [1.54, 1.807) is 48.5 Å². The lowest BCUT2D eigenvalue weighted by molar-refractivity contribution is -0.147. The van der Waals surface area contributed by atoms with Crippen molar-refractivity contribution in [3.8, 4) is 0 Å². The Balaban J connectivity index is 1.03. The monoisotopic (exact) mass is 955 g/mol. The summed E-state index contributed by atoms with van der Waals surface area (Å²) in [6, 6.07) is 17.6. The molecule has 0 aliphatic heterocycles. The van der Waals surface area contributed by atoms with Crippen molar-refractivity contribution in [3.05, 3.63) is 82.1 Å². The van der Waals surface area contributed by atoms with Gasteiger partial charge in [-0.25, -0.2) is 19.6 Å². The van der Waals surface area contributed by atoms with Crippen molar-refractivity contribution >= 4 is 80.6 Å². The molecule has 2 heterocycles. The molecule has 67 heavy (non-hydrogen) atoms. The Kier molecular flexibility index (Phi) is 15.1. The van der Waals surface area contributed by atoms with Gasteiger partial charge in [-0.3, -0.25) is 24.5 Å². The van der Waals surface area contributed by atoms with Gasteiger partial charge in [0, 0.05) is 47.8 Å². The smallest absolute Gasteiger partial charge is 0.339 e. The number of esters is 2. The van der Waals surface area contributed by atoms with Crippen LogP contribution in [-0.2, 0) is 28.7 Å². The van der Waals surface area contributed by atoms with Gasteiger partial charge >= 0.3 is 11.9 Å². The van der Waals surface area contributed by atoms with Crippen LogP contribution < -0.4 is 26.6 Å². The summed E-state index contributed by atoms with van der Waals surface area (Å²) in [6.45, 7) is 10.3. The molecule has 0 spiro atoms. The Morgan fingerprint density at radius 2 is 0.970 bits per heavy atom. The molecule has 17 heteroatoms. The van der Waals surface area contributed by atoms with Gasteiger partial charge in [-0.05, 0) is 87.7 Å². The number of ether oxygens (including phenoxy) is 2. The highest BCUT2D eigenvalue weighted by Gasteiger charge is 2.62. The number of hydrogen-bond donors (Lipinski definition) is 5. The number of nitrogens with zero attached hydrogens (tertiary/aromatic N) is 2. The number of carbonyl (C=O) groups is 6. The summed E-state index contributed by atoms with van der Waals surface area (Å²) in [4.78, 5) is 94.1. The van der Waals surface area contributed by atoms with E-state index < -0.39 is 71.5 Å². The van der Waals surface area contributed by atoms with Crippen LogP contribution in [-0.4, -0.2) is 96.0 Å². The number of halogens is 2. The summed E-state index contributed by atoms with van der Waals surface area (Å²) in [5.41, 5.74) is 1.50. The molecule has 4 aromatic rings. The Morgan fingerprint density at radius 1 is 0.567 bits per heavy atom. The highest BCUT2D eigenvalue weighted by atomic mass is 35.5. The molecule has 4 amide bonds. The van der Waals surface area contributed by atoms with Gasteiger partial charge in [0.25, 0.3) is 0 Å². The average molecular weight is 957 g/mol. The molecule has 4 fully saturated rings. The molecule has 10 unspecified atom stereocenters. The number of para-hydroxylation sites is 2. The molecule has 15 nitrogen and oxygen atoms in total. The second-order valence-corrected chi connectivity index (χ2v) is 19.9. The number of rotatable bonds is 18. The molecule has 2 aromatic heterocycles. The van der Waals surface area contributed by atoms with E-state index in [1.165, 1.54) is 12.1 Å². The minimum absolute atomic E-state index is 0.123. The molecule has 5 N–H and O–H groups in total. The lowest BCUT2D eigenvalue weighted by Crippen LogP contribution is -2.53. The predicted octanol–water partition coefficient (Wildman–Crippen LogP) is 6.04. The minimum atomic E-state index is -1.02. The first-order chi connectivity index (χ1) is 32.2. The van der Waals surface area contributed by atoms with E-state index in [0.29, 0.717) is 86.5 Å². The minimum Gasteiger partial charge on any atom is -0.458 e. The second-order valence-electron chi connectivity index (χ2n) is 19.2. The van der Waals surface area contributed by atoms with Gasteiger partial charge in [0.1, 0.15) is 22.5 Å². The number of benzene rings is 2. The van der Waals surface area contributed by atoms with E-state index in [-0.39, 0.29) is 57.2 Å². The summed E-state index contributed by atoms with van der Waals surface area (Å²) >= 11 is 12.6. The highest BCUT2D eigenvalue weighted by molar-refractivity contribution is 6.31. The summed E-state index contributed by atoms with van der Waals surface area (Å²) in [7, 11) is 0. The zero-order chi connectivity index (χ0) is 47.5. The maximum absolute atomic E-state index is 14.8. The van der Waals surface area contributed by atoms with Gasteiger partial charge in [-0.1, -0.05) is 87.3 Å². The molecular formula is C50H59Cl2N7O8. The fraction of sp³-hybridized carbons (Fsp3) is 0.520. The second kappa shape index (κ2) is 21.0. The number of hydrogen-bond acceptors (Lipinski definition) is 12. The zero-order valence-electron chi connectivity index (χ0n) is 38.2. The molecule has 2 aromatic carbocycles. The normalized spacial score (nSPS) is 26.0. The first kappa shape index (κ1) is 48.2. The molecule has 4 saturated carbocycles. The van der Waals surface area contributed by atoms with E-state index in [1.807, 2.05) is 27.7 Å². The third-order valence-electron chi connectivity index (χ3n) is 14.1. The molecule has 10 atom stereocenters. The number of amides is 4. The Bertz CT molecular complexity index is 2370. The van der Waals surface area contributed by atoms with Crippen LogP contribution in [0.4, 0.5) is 0 Å². The van der Waals surface area contributed by atoms with Crippen LogP contribution in [0.5, 0.6) is 0 Å². The third-order valence-corrected chi connectivity index (χ3v) is 14.5. The molecule has 4 aliphatic carbocycles. The molecular weight excluding hydrogens is 897 g/mol. The van der Waals surface area contributed by atoms with Crippen LogP contribution in [0.1, 0.15) is 86.9 Å². The van der Waals surface area contributed by atoms with Crippen molar-refractivity contribution in [1.29, 1.82) is 0 Å². The van der Waals surface area contributed by atoms with Crippen LogP contribution in [0.2, 0.25) is 10.3 Å². The van der Waals surface area contributed by atoms with Crippen molar-refractivity contribution in [2.45, 2.75) is 90.5 Å². The van der Waals surface area contributed by atoms with Crippen LogP contribution in [0.3, 0.4) is 0 Å². The van der Waals surface area contributed by atoms with Gasteiger partial charge in [-0.2, -0.15) is 0 Å². The first-order valence-corrected chi connectivity index (χ1v) is 24.3. The van der Waals surface area contributed by atoms with E-state index >= 15 is 0 Å². The molecule has 356 valence electrons. The lowest BCUT2D eigenvalue weighted by atomic mass is 9.75. The number of nitrogens with one attached hydrogen (secondary N) is 5. The van der Waals surface area contributed by atoms with E-state index in [4.69, 9.17) is 32.7 Å². The summed E-state index contributed by atoms with van der Waals surface area (Å²) in [6.07, 6.45) is 1.41. The average Bonchev–Trinajstić information content (AvgIpc) is 4.08. The summed E-state index contributed by atoms with van der Waals surface area (Å²) in [5.74, 6) is -8.66. The maximum atomic E-state index is 14.8. The highest BCUT2D eigenvalue weighted by Crippen LogP contribution is 2.56. The number of aromatic nitrogens is 2. The molecule has 0 radical (unpaired) electrons. The Hall–Kier alpha value is -5.22. The third kappa shape index (κ3) is 10.6. The SMILES string of the molecule is CC(C)NCCCNC(=O)C1C2CC(OC(=O)c3cc(Cl)nc4ccccc34)C(C2)C1C(=O)NC(=O)C1C2CC(CC2OC(=O)c2cc(Cl)nc3ccccc23)C1C(=O)NCCCNC(C)C. The van der Waals surface area contributed by atoms with E-state index in [2.05, 4.69) is 36.6 Å². The Labute approximate surface area is 399 Å². The number of imide groups is 1. The first-order valence-electron chi connectivity index (χ1n) is 23.6. The molecule has 4 aliphatic rings. The van der Waals surface area contributed by atoms with Crippen LogP contribution in [0, 0.1) is 47.3 Å². The van der Waals surface area contributed by atoms with Crippen molar-refractivity contribution in [1.82, 2.24) is 36.6 Å². The largest absolute Gasteiger partial charge is 0.458 e. The lowest BCUT2D eigenvalue weighted by Gasteiger charge is -2.36. The fourth-order valence-electron chi connectivity index (χ4n) is 11.3. The van der Waals surface area contributed by atoms with Crippen molar-refractivity contribution < 1.29 is 38.2 Å². The predicted molar refractivity (Wildman–Crippen MR) is 253 cm³/mol. The van der Waals surface area contributed by atoms with Crippen LogP contribution in [0.25, 0.3) is 21.8 Å². The summed E-state index contributed by atoms with van der Waals surface area (Å²) < 4.78 is 12.3. The van der Waals surface area contributed by atoms with Crippen molar-refractivity contribution in [3.63, 3.8) is 0 Å². The number of fused-ring (bicyclic) bond motifs is 6. The van der Waals surface area contributed by atoms with Gasteiger partial charge < -0.3 is 30.7 Å². The number of carbonyl (C=O) groups excluding carboxylic acids is 6. The number of pyridine rings is 2. The maximum Gasteiger partial charge on any atom is 0.339 e. The van der Waals surface area contributed by atoms with Crippen LogP contribution >= 0.6 is 23.2 Å². The molecule has 0 saturated heterocycles. The topological polar surface area (TPSA) is 207 Å². The quantitative estimate of drug-likeness (QED) is 0.0335. The van der Waals surface area contributed by atoms with Gasteiger partial charge in [0.05, 0.1) is 45.8 Å². The molecule has 4 bridgehead atoms. The van der Waals surface area contributed by atoms with Crippen molar-refractivity contribution in [2.24, 2.45) is 47.3 Å². The van der Waals surface area contributed by atoms with Crippen molar-refractivity contribution in [2.75, 3.05) is 26.2 Å². The zero-order valence-corrected chi connectivity index (χ0v) is 39.7. The van der Waals surface area contributed by atoms with E-state index in [0.717, 1.165) is 0 Å². The van der Waals surface area contributed by atoms with Gasteiger partial charge in [0.2, 0.25) is 23.6 Å². The van der Waals surface area contributed by atoms with Gasteiger partial charge in [-0.15, -0.1) is 0 Å². The fourth-order valence-corrected chi connectivity index (χ4v) is 11.7. The Morgan fingerprint density at radius 3 is 1.37 bits per heavy atom. The van der Waals surface area contributed by atoms with Gasteiger partial charge in [0.15, 0.2) is 0 Å². The van der Waals surface area contributed by atoms with E-state index in [9.17, 15) is 28.8 Å². The van der Waals surface area contributed by atoms with Crippen LogP contribution in [0.15, 0.2) is 60.7 Å². The standard InChI is InChI=1S/C50H59Cl2N7O8/c1-25(2)53-15-9-17-55-45(60)41-27-19-33(37(21-27)66-49(64)31-23-39(51)57-35-13-7-5-11-29(31)35)43(41)47(62)59-48(63)44-34-20-28(42(44)46(61)56-18-10-16-54-26(3)4)22-38(34)67-50(65)32-24-40(52)58-36-14-8-6-12-30(32)36/h5-8,11-14,23-28,33-34,37-38,41-44,53-54H,9-10,15-22H2,1-4H3,(H,55,60)(H,56,61)(H,59,62,63). The molecule has 8 rings (SSSR count).